The van der Waals surface area contributed by atoms with Crippen molar-refractivity contribution >= 4 is 21.6 Å². The van der Waals surface area contributed by atoms with Gasteiger partial charge in [-0.1, -0.05) is 35.8 Å². The van der Waals surface area contributed by atoms with Crippen molar-refractivity contribution in [3.8, 4) is 0 Å². The molecule has 0 fully saturated rings. The smallest absolute Gasteiger partial charge is 0.0666 e. The van der Waals surface area contributed by atoms with Gasteiger partial charge in [-0.25, -0.2) is 0 Å². The Morgan fingerprint density at radius 1 is 1.40 bits per heavy atom. The molecule has 1 aromatic rings. The molecule has 15 heavy (non-hydrogen) atoms. The van der Waals surface area contributed by atoms with E-state index < -0.39 is 0 Å². The van der Waals surface area contributed by atoms with Crippen LogP contribution < -0.4 is 5.32 Å². The number of methoxy groups -OCH3 is 1. The number of hydrogen-bond acceptors (Lipinski definition) is 2. The average molecular weight is 272 g/mol. The summed E-state index contributed by atoms with van der Waals surface area (Å²) in [6.45, 7) is 5.10. The Morgan fingerprint density at radius 3 is 2.67 bits per heavy atom. The highest BCUT2D eigenvalue weighted by Gasteiger charge is 2.12. The van der Waals surface area contributed by atoms with Crippen LogP contribution in [0.15, 0.2) is 28.7 Å². The van der Waals surface area contributed by atoms with Crippen molar-refractivity contribution in [1.82, 2.24) is 0 Å². The summed E-state index contributed by atoms with van der Waals surface area (Å²) >= 11 is 3.46. The molecule has 1 aromatic carbocycles. The van der Waals surface area contributed by atoms with Gasteiger partial charge in [0.05, 0.1) is 12.6 Å². The molecule has 1 rings (SSSR count). The summed E-state index contributed by atoms with van der Waals surface area (Å²) in [7, 11) is 1.73. The minimum Gasteiger partial charge on any atom is -0.383 e. The zero-order valence-electron chi connectivity index (χ0n) is 9.46. The third-order valence-electron chi connectivity index (χ3n) is 2.33. The first-order valence-corrected chi connectivity index (χ1v) is 5.94. The van der Waals surface area contributed by atoms with Crippen molar-refractivity contribution in [2.75, 3.05) is 19.0 Å². The van der Waals surface area contributed by atoms with Gasteiger partial charge in [-0.3, -0.25) is 0 Å². The predicted octanol–water partition coefficient (Wildman–Crippen LogP) is 3.53. The number of rotatable bonds is 5. The molecule has 3 heteroatoms. The van der Waals surface area contributed by atoms with Crippen LogP contribution in [0.3, 0.4) is 0 Å². The van der Waals surface area contributed by atoms with Gasteiger partial charge in [-0.15, -0.1) is 0 Å². The Labute approximate surface area is 100 Å². The second-order valence-corrected chi connectivity index (χ2v) is 4.88. The van der Waals surface area contributed by atoms with Crippen molar-refractivity contribution in [2.24, 2.45) is 5.92 Å². The second kappa shape index (κ2) is 6.13. The van der Waals surface area contributed by atoms with Gasteiger partial charge in [-0.2, -0.15) is 0 Å². The van der Waals surface area contributed by atoms with Crippen LogP contribution in [-0.4, -0.2) is 19.8 Å². The van der Waals surface area contributed by atoms with Crippen molar-refractivity contribution in [3.63, 3.8) is 0 Å². The van der Waals surface area contributed by atoms with E-state index in [1.165, 1.54) is 0 Å². The Hall–Kier alpha value is -0.540. The van der Waals surface area contributed by atoms with Crippen LogP contribution in [0, 0.1) is 5.92 Å². The van der Waals surface area contributed by atoms with Crippen molar-refractivity contribution in [2.45, 2.75) is 19.9 Å². The molecule has 0 aliphatic carbocycles. The first-order valence-electron chi connectivity index (χ1n) is 5.14. The number of benzene rings is 1. The van der Waals surface area contributed by atoms with Gasteiger partial charge in [0.2, 0.25) is 0 Å². The van der Waals surface area contributed by atoms with Crippen LogP contribution in [-0.2, 0) is 4.74 Å². The normalized spacial score (nSPS) is 12.9. The van der Waals surface area contributed by atoms with Crippen LogP contribution in [0.4, 0.5) is 5.69 Å². The molecule has 1 atom stereocenters. The lowest BCUT2D eigenvalue weighted by atomic mass is 10.1. The number of halogens is 1. The fourth-order valence-corrected chi connectivity index (χ4v) is 1.77. The molecule has 0 amide bonds. The Balaban J connectivity index is 2.65. The van der Waals surface area contributed by atoms with Gasteiger partial charge >= 0.3 is 0 Å². The molecule has 0 saturated carbocycles. The summed E-state index contributed by atoms with van der Waals surface area (Å²) in [5.74, 6) is 0.545. The molecule has 0 spiro atoms. The lowest BCUT2D eigenvalue weighted by Crippen LogP contribution is -2.30. The number of hydrogen-bond donors (Lipinski definition) is 1. The maximum absolute atomic E-state index is 5.19. The molecule has 0 radical (unpaired) electrons. The maximum Gasteiger partial charge on any atom is 0.0666 e. The molecular formula is C12H18BrNO. The van der Waals surface area contributed by atoms with Gasteiger partial charge in [0.15, 0.2) is 0 Å². The van der Waals surface area contributed by atoms with Crippen molar-refractivity contribution in [3.05, 3.63) is 28.7 Å². The Kier molecular flexibility index (Phi) is 5.12. The second-order valence-electron chi connectivity index (χ2n) is 3.96. The summed E-state index contributed by atoms with van der Waals surface area (Å²) in [6.07, 6.45) is 0. The van der Waals surface area contributed by atoms with Gasteiger partial charge in [-0.05, 0) is 24.1 Å². The van der Waals surface area contributed by atoms with E-state index in [1.807, 2.05) is 12.1 Å². The molecule has 0 aliphatic heterocycles. The van der Waals surface area contributed by atoms with Gasteiger partial charge in [0, 0.05) is 17.3 Å². The summed E-state index contributed by atoms with van der Waals surface area (Å²) in [4.78, 5) is 0. The highest BCUT2D eigenvalue weighted by Crippen LogP contribution is 2.18. The standard InChI is InChI=1S/C12H18BrNO/c1-9(2)12(8-15-3)14-11-6-4-5-10(13)7-11/h4-7,9,12,14H,8H2,1-3H3. The molecule has 1 unspecified atom stereocenters. The van der Waals surface area contributed by atoms with E-state index in [4.69, 9.17) is 4.74 Å². The quantitative estimate of drug-likeness (QED) is 0.885. The van der Waals surface area contributed by atoms with E-state index in [0.29, 0.717) is 12.0 Å². The molecule has 0 aromatic heterocycles. The predicted molar refractivity (Wildman–Crippen MR) is 68.3 cm³/mol. The fraction of sp³-hybridized carbons (Fsp3) is 0.500. The molecule has 0 aliphatic rings. The zero-order valence-corrected chi connectivity index (χ0v) is 11.0. The monoisotopic (exact) mass is 271 g/mol. The van der Waals surface area contributed by atoms with E-state index in [1.54, 1.807) is 7.11 Å². The highest BCUT2D eigenvalue weighted by atomic mass is 79.9. The van der Waals surface area contributed by atoms with Crippen molar-refractivity contribution in [1.29, 1.82) is 0 Å². The van der Waals surface area contributed by atoms with E-state index >= 15 is 0 Å². The molecule has 2 nitrogen and oxygen atoms in total. The summed E-state index contributed by atoms with van der Waals surface area (Å²) < 4.78 is 6.28. The molecule has 0 saturated heterocycles. The van der Waals surface area contributed by atoms with E-state index in [0.717, 1.165) is 16.8 Å². The van der Waals surface area contributed by atoms with E-state index in [9.17, 15) is 0 Å². The first kappa shape index (κ1) is 12.5. The van der Waals surface area contributed by atoms with E-state index in [2.05, 4.69) is 47.2 Å². The van der Waals surface area contributed by atoms with Gasteiger partial charge in [0.25, 0.3) is 0 Å². The topological polar surface area (TPSA) is 21.3 Å². The Morgan fingerprint density at radius 2 is 2.13 bits per heavy atom. The van der Waals surface area contributed by atoms with Crippen molar-refractivity contribution < 1.29 is 4.74 Å². The minimum absolute atomic E-state index is 0.351. The molecule has 0 bridgehead atoms. The first-order chi connectivity index (χ1) is 7.13. The Bertz CT molecular complexity index is 301. The minimum atomic E-state index is 0.351. The third-order valence-corrected chi connectivity index (χ3v) is 2.82. The van der Waals surface area contributed by atoms with Gasteiger partial charge in [0.1, 0.15) is 0 Å². The molecule has 0 heterocycles. The maximum atomic E-state index is 5.19. The highest BCUT2D eigenvalue weighted by molar-refractivity contribution is 9.10. The van der Waals surface area contributed by atoms with Gasteiger partial charge < -0.3 is 10.1 Å². The number of anilines is 1. The zero-order chi connectivity index (χ0) is 11.3. The van der Waals surface area contributed by atoms with Crippen LogP contribution in [0.2, 0.25) is 0 Å². The molecule has 1 N–H and O–H groups in total. The lowest BCUT2D eigenvalue weighted by molar-refractivity contribution is 0.171. The molecular weight excluding hydrogens is 254 g/mol. The average Bonchev–Trinajstić information content (AvgIpc) is 2.17. The van der Waals surface area contributed by atoms with E-state index in [-0.39, 0.29) is 0 Å². The van der Waals surface area contributed by atoms with Crippen LogP contribution in [0.25, 0.3) is 0 Å². The molecule has 84 valence electrons. The fourth-order valence-electron chi connectivity index (χ4n) is 1.37. The largest absolute Gasteiger partial charge is 0.383 e. The summed E-state index contributed by atoms with van der Waals surface area (Å²) in [5, 5.41) is 3.47. The number of ether oxygens (including phenoxy) is 1. The lowest BCUT2D eigenvalue weighted by Gasteiger charge is -2.22. The summed E-state index contributed by atoms with van der Waals surface area (Å²) in [5.41, 5.74) is 1.13. The van der Waals surface area contributed by atoms with Crippen LogP contribution >= 0.6 is 15.9 Å². The third kappa shape index (κ3) is 4.22. The van der Waals surface area contributed by atoms with Crippen LogP contribution in [0.1, 0.15) is 13.8 Å². The number of nitrogens with one attached hydrogen (secondary N) is 1. The summed E-state index contributed by atoms with van der Waals surface area (Å²) in [6, 6.07) is 8.54. The SMILES string of the molecule is COCC(Nc1cccc(Br)c1)C(C)C. The van der Waals surface area contributed by atoms with Crippen LogP contribution in [0.5, 0.6) is 0 Å².